The van der Waals surface area contributed by atoms with Crippen LogP contribution in [0.3, 0.4) is 0 Å². The predicted octanol–water partition coefficient (Wildman–Crippen LogP) is 4.01. The Balaban J connectivity index is 2.10. The van der Waals surface area contributed by atoms with Gasteiger partial charge < -0.3 is 10.1 Å². The molecule has 2 aromatic rings. The molecule has 0 unspecified atom stereocenters. The van der Waals surface area contributed by atoms with Crippen molar-refractivity contribution in [1.29, 1.82) is 0 Å². The van der Waals surface area contributed by atoms with Crippen LogP contribution in [0.1, 0.15) is 19.4 Å². The molecule has 6 nitrogen and oxygen atoms in total. The maximum Gasteiger partial charge on any atom is 0.242 e. The molecular formula is C18H20Cl2N2O4S. The lowest BCUT2D eigenvalue weighted by Crippen LogP contribution is -2.41. The van der Waals surface area contributed by atoms with Gasteiger partial charge in [-0.25, -0.2) is 8.42 Å². The van der Waals surface area contributed by atoms with Crippen molar-refractivity contribution in [2.24, 2.45) is 0 Å². The van der Waals surface area contributed by atoms with Crippen LogP contribution in [0.2, 0.25) is 10.0 Å². The fourth-order valence-corrected chi connectivity index (χ4v) is 3.87. The summed E-state index contributed by atoms with van der Waals surface area (Å²) in [5.41, 5.74) is 1.10. The standard InChI is InChI=1S/C18H20Cl2N2O4S/c1-4-26-17-8-6-14(9-11(17)2)27(24,25)22-12(3)18(23)21-13-5-7-15(19)16(20)10-13/h5-10,12,22H,4H2,1-3H3,(H,21,23)/t12-/m1/s1. The third kappa shape index (κ3) is 5.59. The second-order valence-corrected chi connectivity index (χ2v) is 8.35. The summed E-state index contributed by atoms with van der Waals surface area (Å²) in [6.45, 7) is 5.53. The van der Waals surface area contributed by atoms with Gasteiger partial charge in [0.1, 0.15) is 5.75 Å². The molecule has 0 aliphatic carbocycles. The fraction of sp³-hybridized carbons (Fsp3) is 0.278. The number of aryl methyl sites for hydroxylation is 1. The number of carbonyl (C=O) groups is 1. The van der Waals surface area contributed by atoms with Gasteiger partial charge in [-0.3, -0.25) is 4.79 Å². The number of nitrogens with one attached hydrogen (secondary N) is 2. The van der Waals surface area contributed by atoms with Gasteiger partial charge in [0.15, 0.2) is 0 Å². The van der Waals surface area contributed by atoms with Crippen molar-refractivity contribution in [1.82, 2.24) is 4.72 Å². The minimum Gasteiger partial charge on any atom is -0.494 e. The van der Waals surface area contributed by atoms with Crippen LogP contribution in [-0.4, -0.2) is 27.0 Å². The van der Waals surface area contributed by atoms with E-state index in [2.05, 4.69) is 10.0 Å². The van der Waals surface area contributed by atoms with Crippen LogP contribution in [0.25, 0.3) is 0 Å². The van der Waals surface area contributed by atoms with Gasteiger partial charge in [0.05, 0.1) is 27.6 Å². The smallest absolute Gasteiger partial charge is 0.242 e. The Morgan fingerprint density at radius 3 is 2.44 bits per heavy atom. The summed E-state index contributed by atoms with van der Waals surface area (Å²) in [6, 6.07) is 8.12. The van der Waals surface area contributed by atoms with Crippen LogP contribution >= 0.6 is 23.2 Å². The number of benzene rings is 2. The van der Waals surface area contributed by atoms with E-state index in [-0.39, 0.29) is 9.92 Å². The fourth-order valence-electron chi connectivity index (χ4n) is 2.29. The highest BCUT2D eigenvalue weighted by molar-refractivity contribution is 7.89. The van der Waals surface area contributed by atoms with Gasteiger partial charge in [-0.05, 0) is 62.7 Å². The molecule has 0 saturated heterocycles. The lowest BCUT2D eigenvalue weighted by molar-refractivity contribution is -0.117. The maximum absolute atomic E-state index is 12.5. The van der Waals surface area contributed by atoms with Gasteiger partial charge in [0.25, 0.3) is 0 Å². The number of amides is 1. The van der Waals surface area contributed by atoms with Crippen molar-refractivity contribution in [3.05, 3.63) is 52.0 Å². The van der Waals surface area contributed by atoms with E-state index >= 15 is 0 Å². The highest BCUT2D eigenvalue weighted by Crippen LogP contribution is 2.25. The molecule has 0 heterocycles. The van der Waals surface area contributed by atoms with Gasteiger partial charge in [-0.2, -0.15) is 4.72 Å². The Morgan fingerprint density at radius 2 is 1.85 bits per heavy atom. The van der Waals surface area contributed by atoms with Crippen molar-refractivity contribution in [2.45, 2.75) is 31.7 Å². The first-order valence-corrected chi connectivity index (χ1v) is 10.4. The monoisotopic (exact) mass is 430 g/mol. The zero-order valence-corrected chi connectivity index (χ0v) is 17.4. The van der Waals surface area contributed by atoms with Gasteiger partial charge in [0.2, 0.25) is 15.9 Å². The molecule has 0 radical (unpaired) electrons. The first-order chi connectivity index (χ1) is 12.6. The molecule has 0 aliphatic heterocycles. The predicted molar refractivity (Wildman–Crippen MR) is 107 cm³/mol. The van der Waals surface area contributed by atoms with E-state index in [9.17, 15) is 13.2 Å². The second kappa shape index (κ2) is 8.93. The second-order valence-electron chi connectivity index (χ2n) is 5.82. The number of rotatable bonds is 7. The first kappa shape index (κ1) is 21.5. The molecule has 1 atom stereocenters. The Labute approximate surface area is 168 Å². The topological polar surface area (TPSA) is 84.5 Å². The van der Waals surface area contributed by atoms with Crippen molar-refractivity contribution < 1.29 is 17.9 Å². The normalized spacial score (nSPS) is 12.5. The number of ether oxygens (including phenoxy) is 1. The van der Waals surface area contributed by atoms with Crippen LogP contribution in [0.5, 0.6) is 5.75 Å². The molecule has 0 spiro atoms. The van der Waals surface area contributed by atoms with Crippen LogP contribution in [-0.2, 0) is 14.8 Å². The average molecular weight is 431 g/mol. The van der Waals surface area contributed by atoms with Crippen molar-refractivity contribution >= 4 is 44.8 Å². The van der Waals surface area contributed by atoms with E-state index < -0.39 is 22.0 Å². The average Bonchev–Trinajstić information content (AvgIpc) is 2.59. The summed E-state index contributed by atoms with van der Waals surface area (Å²) in [7, 11) is -3.88. The third-order valence-electron chi connectivity index (χ3n) is 3.67. The van der Waals surface area contributed by atoms with Crippen molar-refractivity contribution in [3.8, 4) is 5.75 Å². The lowest BCUT2D eigenvalue weighted by Gasteiger charge is -2.16. The number of sulfonamides is 1. The van der Waals surface area contributed by atoms with E-state index in [0.29, 0.717) is 28.6 Å². The Hall–Kier alpha value is -1.80. The lowest BCUT2D eigenvalue weighted by atomic mass is 10.2. The van der Waals surface area contributed by atoms with Gasteiger partial charge >= 0.3 is 0 Å². The van der Waals surface area contributed by atoms with Crippen molar-refractivity contribution in [2.75, 3.05) is 11.9 Å². The van der Waals surface area contributed by atoms with E-state index in [1.807, 2.05) is 6.92 Å². The SMILES string of the molecule is CCOc1ccc(S(=O)(=O)N[C@H](C)C(=O)Nc2ccc(Cl)c(Cl)c2)cc1C. The molecule has 1 amide bonds. The number of hydrogen-bond donors (Lipinski definition) is 2. The minimum atomic E-state index is -3.88. The summed E-state index contributed by atoms with van der Waals surface area (Å²) < 4.78 is 32.9. The summed E-state index contributed by atoms with van der Waals surface area (Å²) in [5, 5.41) is 3.23. The highest BCUT2D eigenvalue weighted by Gasteiger charge is 2.23. The number of carbonyl (C=O) groups excluding carboxylic acids is 1. The van der Waals surface area contributed by atoms with E-state index in [4.69, 9.17) is 27.9 Å². The Bertz CT molecular complexity index is 948. The molecular weight excluding hydrogens is 411 g/mol. The zero-order chi connectivity index (χ0) is 20.2. The van der Waals surface area contributed by atoms with Gasteiger partial charge in [-0.1, -0.05) is 23.2 Å². The Morgan fingerprint density at radius 1 is 1.15 bits per heavy atom. The van der Waals surface area contributed by atoms with Gasteiger partial charge in [-0.15, -0.1) is 0 Å². The molecule has 2 N–H and O–H groups in total. The molecule has 2 aromatic carbocycles. The maximum atomic E-state index is 12.5. The largest absolute Gasteiger partial charge is 0.494 e. The molecule has 27 heavy (non-hydrogen) atoms. The van der Waals surface area contributed by atoms with Crippen molar-refractivity contribution in [3.63, 3.8) is 0 Å². The molecule has 0 fully saturated rings. The molecule has 9 heteroatoms. The quantitative estimate of drug-likeness (QED) is 0.694. The molecule has 2 rings (SSSR count). The first-order valence-electron chi connectivity index (χ1n) is 8.15. The number of anilines is 1. The third-order valence-corrected chi connectivity index (χ3v) is 5.95. The van der Waals surface area contributed by atoms with E-state index in [0.717, 1.165) is 0 Å². The van der Waals surface area contributed by atoms with Crippen LogP contribution in [0.4, 0.5) is 5.69 Å². The molecule has 0 aromatic heterocycles. The zero-order valence-electron chi connectivity index (χ0n) is 15.0. The van der Waals surface area contributed by atoms with Crippen LogP contribution in [0.15, 0.2) is 41.3 Å². The van der Waals surface area contributed by atoms with Crippen LogP contribution < -0.4 is 14.8 Å². The summed E-state index contributed by atoms with van der Waals surface area (Å²) in [4.78, 5) is 12.3. The van der Waals surface area contributed by atoms with Crippen LogP contribution in [0, 0.1) is 6.92 Å². The molecule has 146 valence electrons. The minimum absolute atomic E-state index is 0.0534. The highest BCUT2D eigenvalue weighted by atomic mass is 35.5. The molecule has 0 saturated carbocycles. The number of halogens is 2. The molecule has 0 bridgehead atoms. The summed E-state index contributed by atoms with van der Waals surface area (Å²) >= 11 is 11.7. The Kier molecular flexibility index (Phi) is 7.11. The number of hydrogen-bond acceptors (Lipinski definition) is 4. The van der Waals surface area contributed by atoms with E-state index in [1.54, 1.807) is 19.1 Å². The molecule has 0 aliphatic rings. The summed E-state index contributed by atoms with van der Waals surface area (Å²) in [5.74, 6) is 0.0847. The van der Waals surface area contributed by atoms with E-state index in [1.165, 1.54) is 31.2 Å². The van der Waals surface area contributed by atoms with Gasteiger partial charge in [0, 0.05) is 5.69 Å². The summed E-state index contributed by atoms with van der Waals surface area (Å²) in [6.07, 6.45) is 0.